The summed E-state index contributed by atoms with van der Waals surface area (Å²) in [6, 6.07) is 1.78. The van der Waals surface area contributed by atoms with Crippen molar-refractivity contribution < 1.29 is 14.7 Å². The lowest BCUT2D eigenvalue weighted by atomic mass is 10.1. The Morgan fingerprint density at radius 2 is 2.13 bits per heavy atom. The maximum atomic E-state index is 12.1. The molecule has 128 valence electrons. The summed E-state index contributed by atoms with van der Waals surface area (Å²) < 4.78 is 0.779. The van der Waals surface area contributed by atoms with E-state index in [4.69, 9.17) is 0 Å². The molecule has 9 heteroatoms. The molecule has 1 aromatic heterocycles. The lowest BCUT2D eigenvalue weighted by molar-refractivity contribution is -0.757. The Morgan fingerprint density at radius 3 is 2.83 bits per heavy atom. The molecule has 1 N–H and O–H groups in total. The number of unbranched alkanes of at least 4 members (excludes halogenated alkanes) is 1. The summed E-state index contributed by atoms with van der Waals surface area (Å²) in [7, 11) is 0. The van der Waals surface area contributed by atoms with Gasteiger partial charge in [0.25, 0.3) is 5.09 Å². The number of hydrogen-bond acceptors (Lipinski definition) is 7. The molecular formula is C14H23N5O4. The predicted octanol–water partition coefficient (Wildman–Crippen LogP) is 1.41. The fourth-order valence-corrected chi connectivity index (χ4v) is 2.59. The van der Waals surface area contributed by atoms with Crippen LogP contribution in [-0.2, 0) is 4.84 Å². The minimum Gasteiger partial charge on any atom is -0.740 e. The van der Waals surface area contributed by atoms with Gasteiger partial charge in [0.2, 0.25) is 17.5 Å². The molecule has 2 rings (SSSR count). The van der Waals surface area contributed by atoms with E-state index >= 15 is 0 Å². The van der Waals surface area contributed by atoms with Gasteiger partial charge in [-0.15, -0.1) is 10.1 Å². The highest BCUT2D eigenvalue weighted by molar-refractivity contribution is 5.46. The Kier molecular flexibility index (Phi) is 6.19. The van der Waals surface area contributed by atoms with Gasteiger partial charge >= 0.3 is 0 Å². The van der Waals surface area contributed by atoms with Gasteiger partial charge in [-0.1, -0.05) is 4.98 Å². The van der Waals surface area contributed by atoms with Crippen LogP contribution in [0.25, 0.3) is 0 Å². The van der Waals surface area contributed by atoms with E-state index in [-0.39, 0.29) is 6.61 Å². The number of piperidine rings is 1. The number of rotatable bonds is 8. The second-order valence-electron chi connectivity index (χ2n) is 5.58. The van der Waals surface area contributed by atoms with Crippen LogP contribution in [0.2, 0.25) is 0 Å². The van der Waals surface area contributed by atoms with Crippen molar-refractivity contribution in [2.75, 3.05) is 36.5 Å². The second-order valence-corrected chi connectivity index (χ2v) is 5.58. The maximum absolute atomic E-state index is 12.1. The van der Waals surface area contributed by atoms with E-state index in [0.717, 1.165) is 36.5 Å². The molecule has 1 fully saturated rings. The zero-order valence-corrected chi connectivity index (χ0v) is 13.4. The van der Waals surface area contributed by atoms with Crippen molar-refractivity contribution in [1.29, 1.82) is 0 Å². The number of aryl methyl sites for hydroxylation is 1. The van der Waals surface area contributed by atoms with Gasteiger partial charge in [0.05, 0.1) is 19.2 Å². The predicted molar refractivity (Wildman–Crippen MR) is 84.7 cm³/mol. The van der Waals surface area contributed by atoms with Crippen LogP contribution >= 0.6 is 0 Å². The first kappa shape index (κ1) is 17.0. The molecule has 1 aliphatic rings. The van der Waals surface area contributed by atoms with Crippen LogP contribution in [0.5, 0.6) is 0 Å². The van der Waals surface area contributed by atoms with Gasteiger partial charge < -0.3 is 20.3 Å². The molecule has 0 aliphatic carbocycles. The monoisotopic (exact) mass is 325 g/mol. The summed E-state index contributed by atoms with van der Waals surface area (Å²) in [5.74, 6) is 1.70. The third kappa shape index (κ3) is 5.11. The summed E-state index contributed by atoms with van der Waals surface area (Å²) in [6.07, 6.45) is 4.75. The van der Waals surface area contributed by atoms with Crippen LogP contribution in [0.4, 0.5) is 11.6 Å². The Bertz CT molecular complexity index is 534. The van der Waals surface area contributed by atoms with Crippen molar-refractivity contribution in [2.24, 2.45) is 0 Å². The summed E-state index contributed by atoms with van der Waals surface area (Å²) in [5.41, 5.74) is 0. The fourth-order valence-electron chi connectivity index (χ4n) is 2.59. The largest absolute Gasteiger partial charge is 0.740 e. The maximum Gasteiger partial charge on any atom is 0.294 e. The first-order valence-corrected chi connectivity index (χ1v) is 7.95. The van der Waals surface area contributed by atoms with Crippen molar-refractivity contribution in [3.8, 4) is 0 Å². The van der Waals surface area contributed by atoms with Crippen LogP contribution in [0.1, 0.15) is 37.9 Å². The van der Waals surface area contributed by atoms with Gasteiger partial charge in [-0.3, -0.25) is 0 Å². The van der Waals surface area contributed by atoms with E-state index in [1.54, 1.807) is 13.0 Å². The molecule has 1 aliphatic heterocycles. The molecule has 0 bridgehead atoms. The summed E-state index contributed by atoms with van der Waals surface area (Å²) >= 11 is 0. The van der Waals surface area contributed by atoms with Crippen LogP contribution in [0, 0.1) is 22.2 Å². The molecule has 23 heavy (non-hydrogen) atoms. The van der Waals surface area contributed by atoms with Gasteiger partial charge in [-0.25, -0.2) is 4.73 Å². The van der Waals surface area contributed by atoms with Crippen LogP contribution in [0.3, 0.4) is 0 Å². The standard InChI is InChI=1S/C14H23N5O4/c1-12-16-14(17-8-4-2-5-9-17)11-13(18(12)20)15-7-3-6-10-23-19(21)22/h11,15H,2-10H2,1H3. The Balaban J connectivity index is 1.89. The molecule has 0 atom stereocenters. The lowest BCUT2D eigenvalue weighted by Gasteiger charge is -2.27. The first-order chi connectivity index (χ1) is 11.1. The molecule has 0 saturated carbocycles. The number of hydrogen-bond donors (Lipinski definition) is 1. The fraction of sp³-hybridized carbons (Fsp3) is 0.714. The van der Waals surface area contributed by atoms with E-state index in [1.807, 2.05) is 0 Å². The molecule has 1 saturated heterocycles. The van der Waals surface area contributed by atoms with E-state index in [9.17, 15) is 15.3 Å². The number of aromatic nitrogens is 2. The van der Waals surface area contributed by atoms with E-state index < -0.39 is 5.09 Å². The average Bonchev–Trinajstić information content (AvgIpc) is 2.54. The highest BCUT2D eigenvalue weighted by Gasteiger charge is 2.18. The zero-order valence-electron chi connectivity index (χ0n) is 13.4. The van der Waals surface area contributed by atoms with Crippen molar-refractivity contribution in [2.45, 2.75) is 39.0 Å². The molecule has 1 aromatic rings. The molecular weight excluding hydrogens is 302 g/mol. The van der Waals surface area contributed by atoms with Crippen molar-refractivity contribution >= 4 is 11.6 Å². The number of nitrogens with zero attached hydrogens (tertiary/aromatic N) is 4. The summed E-state index contributed by atoms with van der Waals surface area (Å²) in [5, 5.41) is 24.4. The van der Waals surface area contributed by atoms with Gasteiger partial charge in [0, 0.05) is 20.0 Å². The lowest BCUT2D eigenvalue weighted by Crippen LogP contribution is -2.38. The van der Waals surface area contributed by atoms with Gasteiger partial charge in [-0.2, -0.15) is 0 Å². The molecule has 2 heterocycles. The van der Waals surface area contributed by atoms with E-state index in [0.29, 0.717) is 31.0 Å². The Labute approximate surface area is 135 Å². The molecule has 0 spiro atoms. The van der Waals surface area contributed by atoms with Gasteiger partial charge in [-0.05, 0) is 32.1 Å². The third-order valence-corrected chi connectivity index (χ3v) is 3.81. The van der Waals surface area contributed by atoms with Crippen LogP contribution in [-0.4, -0.2) is 36.3 Å². The van der Waals surface area contributed by atoms with Gasteiger partial charge in [0.1, 0.15) is 0 Å². The van der Waals surface area contributed by atoms with Crippen molar-refractivity contribution in [3.63, 3.8) is 0 Å². The SMILES string of the molecule is Cc1nc(N2CCCCC2)cc(NCCCCO[N+](=O)[O-])[n+]1[O-]. The summed E-state index contributed by atoms with van der Waals surface area (Å²) in [4.78, 5) is 20.9. The summed E-state index contributed by atoms with van der Waals surface area (Å²) in [6.45, 7) is 4.24. The van der Waals surface area contributed by atoms with E-state index in [2.05, 4.69) is 20.0 Å². The Morgan fingerprint density at radius 1 is 1.39 bits per heavy atom. The smallest absolute Gasteiger partial charge is 0.294 e. The van der Waals surface area contributed by atoms with Crippen LogP contribution < -0.4 is 14.9 Å². The highest BCUT2D eigenvalue weighted by atomic mass is 16.9. The first-order valence-electron chi connectivity index (χ1n) is 7.95. The van der Waals surface area contributed by atoms with Crippen LogP contribution in [0.15, 0.2) is 6.07 Å². The topological polar surface area (TPSA) is 107 Å². The molecule has 0 amide bonds. The second kappa shape index (κ2) is 8.35. The number of nitrogens with one attached hydrogen (secondary N) is 1. The van der Waals surface area contributed by atoms with Crippen molar-refractivity contribution in [1.82, 2.24) is 4.98 Å². The third-order valence-electron chi connectivity index (χ3n) is 3.81. The van der Waals surface area contributed by atoms with Gasteiger partial charge in [0.15, 0.2) is 0 Å². The molecule has 0 unspecified atom stereocenters. The molecule has 0 radical (unpaired) electrons. The van der Waals surface area contributed by atoms with E-state index in [1.165, 1.54) is 6.42 Å². The zero-order chi connectivity index (χ0) is 16.7. The van der Waals surface area contributed by atoms with Crippen molar-refractivity contribution in [3.05, 3.63) is 27.2 Å². The highest BCUT2D eigenvalue weighted by Crippen LogP contribution is 2.19. The average molecular weight is 325 g/mol. The Hall–Kier alpha value is -2.32. The minimum absolute atomic E-state index is 0.0699. The minimum atomic E-state index is -0.795. The normalized spacial score (nSPS) is 14.6. The quantitative estimate of drug-likeness (QED) is 0.253. The number of anilines is 2. The molecule has 9 nitrogen and oxygen atoms in total. The molecule has 0 aromatic carbocycles.